The number of amides is 1. The molecule has 1 saturated heterocycles. The molecule has 1 aliphatic rings. The van der Waals surface area contributed by atoms with Crippen LogP contribution in [0.25, 0.3) is 0 Å². The average Bonchev–Trinajstić information content (AvgIpc) is 3.41. The SMILES string of the molecule is CCCCCCCCCCCCCCCCCC/C=C/CC/C=C/C(O)C(COC1OC(CO)C(O)C(O)C1O)NC(=O)CCCCCCCCCCCCCCCCCCCCCCCCCCCCCCCC. The number of aliphatic hydroxyl groups is 5. The van der Waals surface area contributed by atoms with Crippen molar-refractivity contribution in [3.05, 3.63) is 24.3 Å². The van der Waals surface area contributed by atoms with Gasteiger partial charge in [0.1, 0.15) is 24.4 Å². The van der Waals surface area contributed by atoms with Gasteiger partial charge in [-0.15, -0.1) is 0 Å². The Morgan fingerprint density at radius 1 is 0.440 bits per heavy atom. The van der Waals surface area contributed by atoms with E-state index in [2.05, 4.69) is 31.3 Å². The Bertz CT molecular complexity index is 1230. The van der Waals surface area contributed by atoms with Gasteiger partial charge in [-0.05, 0) is 32.1 Å². The number of hydrogen-bond acceptors (Lipinski definition) is 8. The van der Waals surface area contributed by atoms with Gasteiger partial charge in [-0.2, -0.15) is 0 Å². The number of hydrogen-bond donors (Lipinski definition) is 6. The van der Waals surface area contributed by atoms with Crippen molar-refractivity contribution in [2.45, 2.75) is 378 Å². The van der Waals surface area contributed by atoms with E-state index < -0.39 is 49.5 Å². The highest BCUT2D eigenvalue weighted by atomic mass is 16.7. The summed E-state index contributed by atoms with van der Waals surface area (Å²) in [4.78, 5) is 13.1. The minimum absolute atomic E-state index is 0.179. The standard InChI is InChI=1S/C66H127NO8/c1-3-5-7-9-11-13-15-17-19-21-23-25-27-28-29-30-31-32-33-34-36-38-40-42-44-46-48-50-52-54-56-62(70)67-59(58-74-66-65(73)64(72)63(71)61(57-68)75-66)60(69)55-53-51-49-47-45-43-41-39-37-35-26-24-22-20-18-16-14-12-10-8-6-4-2/h45,47,53,55,59-61,63-66,68-69,71-73H,3-44,46,48-52,54,56-58H2,1-2H3,(H,67,70)/b47-45+,55-53+. The summed E-state index contributed by atoms with van der Waals surface area (Å²) in [6, 6.07) is -0.819. The summed E-state index contributed by atoms with van der Waals surface area (Å²) in [7, 11) is 0. The third kappa shape index (κ3) is 45.1. The minimum Gasteiger partial charge on any atom is -0.394 e. The molecule has 1 heterocycles. The quantitative estimate of drug-likeness (QED) is 0.0261. The second-order valence-electron chi connectivity index (χ2n) is 23.3. The van der Waals surface area contributed by atoms with Crippen LogP contribution in [0.4, 0.5) is 0 Å². The van der Waals surface area contributed by atoms with Crippen molar-refractivity contribution in [3.8, 4) is 0 Å². The predicted molar refractivity (Wildman–Crippen MR) is 318 cm³/mol. The second-order valence-corrected chi connectivity index (χ2v) is 23.3. The topological polar surface area (TPSA) is 149 Å². The van der Waals surface area contributed by atoms with Crippen LogP contribution in [0.5, 0.6) is 0 Å². The molecule has 0 aromatic heterocycles. The number of carbonyl (C=O) groups is 1. The van der Waals surface area contributed by atoms with Gasteiger partial charge in [0.25, 0.3) is 0 Å². The third-order valence-electron chi connectivity index (χ3n) is 16.0. The van der Waals surface area contributed by atoms with E-state index in [-0.39, 0.29) is 12.5 Å². The van der Waals surface area contributed by atoms with E-state index in [4.69, 9.17) is 9.47 Å². The first-order chi connectivity index (χ1) is 36.8. The van der Waals surface area contributed by atoms with E-state index in [9.17, 15) is 30.3 Å². The molecule has 1 fully saturated rings. The highest BCUT2D eigenvalue weighted by Gasteiger charge is 2.44. The van der Waals surface area contributed by atoms with Gasteiger partial charge in [-0.3, -0.25) is 4.79 Å². The molecular weight excluding hydrogens is 935 g/mol. The molecule has 7 atom stereocenters. The smallest absolute Gasteiger partial charge is 0.220 e. The van der Waals surface area contributed by atoms with Crippen LogP contribution in [0, 0.1) is 0 Å². The Morgan fingerprint density at radius 3 is 1.12 bits per heavy atom. The summed E-state index contributed by atoms with van der Waals surface area (Å²) in [5, 5.41) is 54.6. The van der Waals surface area contributed by atoms with Crippen LogP contribution in [0.2, 0.25) is 0 Å². The van der Waals surface area contributed by atoms with Gasteiger partial charge in [0.2, 0.25) is 5.91 Å². The molecule has 0 aliphatic carbocycles. The minimum atomic E-state index is -1.57. The number of ether oxygens (including phenoxy) is 2. The third-order valence-corrected chi connectivity index (χ3v) is 16.0. The first-order valence-corrected chi connectivity index (χ1v) is 33.1. The lowest BCUT2D eigenvalue weighted by atomic mass is 9.99. The lowest BCUT2D eigenvalue weighted by Gasteiger charge is -2.40. The molecule has 6 N–H and O–H groups in total. The van der Waals surface area contributed by atoms with Crippen molar-refractivity contribution >= 4 is 5.91 Å². The molecule has 9 heteroatoms. The molecule has 0 saturated carbocycles. The van der Waals surface area contributed by atoms with Crippen LogP contribution >= 0.6 is 0 Å². The van der Waals surface area contributed by atoms with Gasteiger partial charge >= 0.3 is 0 Å². The monoisotopic (exact) mass is 1060 g/mol. The fourth-order valence-corrected chi connectivity index (χ4v) is 10.8. The van der Waals surface area contributed by atoms with Crippen molar-refractivity contribution in [2.24, 2.45) is 0 Å². The first kappa shape index (κ1) is 71.7. The molecule has 1 amide bonds. The van der Waals surface area contributed by atoms with Crippen LogP contribution in [0.3, 0.4) is 0 Å². The maximum Gasteiger partial charge on any atom is 0.220 e. The largest absolute Gasteiger partial charge is 0.394 e. The number of carbonyl (C=O) groups excluding carboxylic acids is 1. The van der Waals surface area contributed by atoms with E-state index in [0.717, 1.165) is 38.5 Å². The Labute approximate surface area is 464 Å². The molecule has 7 unspecified atom stereocenters. The van der Waals surface area contributed by atoms with Crippen LogP contribution in [-0.4, -0.2) is 87.5 Å². The number of unbranched alkanes of at least 4 members (excludes halogenated alkanes) is 46. The summed E-state index contributed by atoms with van der Waals surface area (Å²) < 4.78 is 11.3. The van der Waals surface area contributed by atoms with Crippen molar-refractivity contribution in [1.29, 1.82) is 0 Å². The zero-order chi connectivity index (χ0) is 54.3. The molecule has 0 aromatic rings. The second kappa shape index (κ2) is 56.0. The number of nitrogens with one attached hydrogen (secondary N) is 1. The zero-order valence-corrected chi connectivity index (χ0v) is 49.6. The van der Waals surface area contributed by atoms with Gasteiger partial charge in [0.05, 0.1) is 25.4 Å². The molecule has 0 aromatic carbocycles. The van der Waals surface area contributed by atoms with E-state index >= 15 is 0 Å². The Morgan fingerprint density at radius 2 is 0.760 bits per heavy atom. The Hall–Kier alpha value is -1.33. The van der Waals surface area contributed by atoms with Crippen molar-refractivity contribution in [1.82, 2.24) is 5.32 Å². The molecule has 75 heavy (non-hydrogen) atoms. The normalized spacial score (nSPS) is 18.9. The summed E-state index contributed by atoms with van der Waals surface area (Å²) in [5.41, 5.74) is 0. The summed E-state index contributed by atoms with van der Waals surface area (Å²) in [5.74, 6) is -0.179. The number of allylic oxidation sites excluding steroid dienone is 3. The fraction of sp³-hybridized carbons (Fsp3) is 0.924. The molecule has 1 aliphatic heterocycles. The van der Waals surface area contributed by atoms with Gasteiger partial charge in [0.15, 0.2) is 6.29 Å². The predicted octanol–water partition coefficient (Wildman–Crippen LogP) is 17.3. The van der Waals surface area contributed by atoms with E-state index in [1.54, 1.807) is 6.08 Å². The number of rotatable bonds is 58. The zero-order valence-electron chi connectivity index (χ0n) is 49.6. The maximum absolute atomic E-state index is 13.1. The molecule has 0 bridgehead atoms. The summed E-state index contributed by atoms with van der Waals surface area (Å²) in [6.45, 7) is 3.82. The molecule has 1 rings (SSSR count). The summed E-state index contributed by atoms with van der Waals surface area (Å²) >= 11 is 0. The Kier molecular flexibility index (Phi) is 53.5. The average molecular weight is 1060 g/mol. The first-order valence-electron chi connectivity index (χ1n) is 33.1. The van der Waals surface area contributed by atoms with Crippen molar-refractivity contribution < 1.29 is 39.8 Å². The van der Waals surface area contributed by atoms with E-state index in [1.165, 1.54) is 276 Å². The van der Waals surface area contributed by atoms with E-state index in [1.807, 2.05) is 6.08 Å². The molecule has 9 nitrogen and oxygen atoms in total. The van der Waals surface area contributed by atoms with Crippen LogP contribution in [0.15, 0.2) is 24.3 Å². The van der Waals surface area contributed by atoms with Gasteiger partial charge in [-0.1, -0.05) is 321 Å². The highest BCUT2D eigenvalue weighted by Crippen LogP contribution is 2.23. The summed E-state index contributed by atoms with van der Waals surface area (Å²) in [6.07, 6.45) is 65.7. The van der Waals surface area contributed by atoms with Crippen molar-refractivity contribution in [3.63, 3.8) is 0 Å². The molecule has 444 valence electrons. The molecule has 0 spiro atoms. The van der Waals surface area contributed by atoms with Crippen LogP contribution in [-0.2, 0) is 14.3 Å². The number of aliphatic hydroxyl groups excluding tert-OH is 5. The lowest BCUT2D eigenvalue weighted by molar-refractivity contribution is -0.302. The molecular formula is C66H127NO8. The van der Waals surface area contributed by atoms with Gasteiger partial charge < -0.3 is 40.3 Å². The highest BCUT2D eigenvalue weighted by molar-refractivity contribution is 5.76. The van der Waals surface area contributed by atoms with Gasteiger partial charge in [0, 0.05) is 6.42 Å². The van der Waals surface area contributed by atoms with Gasteiger partial charge in [-0.25, -0.2) is 0 Å². The van der Waals surface area contributed by atoms with E-state index in [0.29, 0.717) is 6.42 Å². The van der Waals surface area contributed by atoms with Crippen LogP contribution < -0.4 is 5.32 Å². The fourth-order valence-electron chi connectivity index (χ4n) is 10.8. The Balaban J connectivity index is 2.15. The molecule has 0 radical (unpaired) electrons. The van der Waals surface area contributed by atoms with Crippen molar-refractivity contribution in [2.75, 3.05) is 13.2 Å². The maximum atomic E-state index is 13.1. The lowest BCUT2D eigenvalue weighted by Crippen LogP contribution is -2.60. The van der Waals surface area contributed by atoms with Crippen LogP contribution in [0.1, 0.15) is 335 Å².